The molecule has 1 heterocycles. The van der Waals surface area contributed by atoms with Gasteiger partial charge in [0, 0.05) is 11.8 Å². The van der Waals surface area contributed by atoms with Gasteiger partial charge in [-0.1, -0.05) is 27.7 Å². The molecule has 2 aliphatic carbocycles. The molecule has 4 nitrogen and oxygen atoms in total. The molecule has 24 heavy (non-hydrogen) atoms. The minimum atomic E-state index is -0.549. The molecule has 1 saturated heterocycles. The summed E-state index contributed by atoms with van der Waals surface area (Å²) in [5.74, 6) is 0.00585. The van der Waals surface area contributed by atoms with Crippen LogP contribution in [0.25, 0.3) is 0 Å². The number of cyclic esters (lactones) is 1. The number of ether oxygens (including phenoxy) is 2. The average Bonchev–Trinajstić information content (AvgIpc) is 3.07. The zero-order chi connectivity index (χ0) is 18.0. The monoisotopic (exact) mass is 336 g/mol. The van der Waals surface area contributed by atoms with Crippen LogP contribution in [0.1, 0.15) is 73.6 Å². The van der Waals surface area contributed by atoms with Gasteiger partial charge in [0.1, 0.15) is 5.60 Å². The number of hydrogen-bond donors (Lipinski definition) is 0. The van der Waals surface area contributed by atoms with Crippen LogP contribution in [0, 0.1) is 28.1 Å². The molecule has 0 aromatic carbocycles. The first-order valence-corrected chi connectivity index (χ1v) is 9.37. The van der Waals surface area contributed by atoms with E-state index in [1.54, 1.807) is 0 Å². The fourth-order valence-corrected chi connectivity index (χ4v) is 5.37. The highest BCUT2D eigenvalue weighted by Crippen LogP contribution is 2.72. The Morgan fingerprint density at radius 1 is 1.33 bits per heavy atom. The van der Waals surface area contributed by atoms with Crippen LogP contribution in [0.2, 0.25) is 0 Å². The van der Waals surface area contributed by atoms with E-state index < -0.39 is 11.0 Å². The highest BCUT2D eigenvalue weighted by molar-refractivity contribution is 5.77. The lowest BCUT2D eigenvalue weighted by molar-refractivity contribution is -0.188. The quantitative estimate of drug-likeness (QED) is 0.725. The van der Waals surface area contributed by atoms with Crippen LogP contribution in [-0.2, 0) is 19.1 Å². The molecule has 4 unspecified atom stereocenters. The second-order valence-corrected chi connectivity index (χ2v) is 9.72. The lowest BCUT2D eigenvalue weighted by Gasteiger charge is -2.44. The Bertz CT molecular complexity index is 561. The largest absolute Gasteiger partial charge is 0.465 e. The molecule has 0 spiro atoms. The van der Waals surface area contributed by atoms with Crippen molar-refractivity contribution in [3.05, 3.63) is 0 Å². The summed E-state index contributed by atoms with van der Waals surface area (Å²) in [6.45, 7) is 13.2. The molecule has 2 saturated carbocycles. The zero-order valence-electron chi connectivity index (χ0n) is 16.0. The predicted octanol–water partition coefficient (Wildman–Crippen LogP) is 4.11. The molecule has 3 aliphatic rings. The third-order valence-electron chi connectivity index (χ3n) is 7.94. The molecule has 3 fully saturated rings. The van der Waals surface area contributed by atoms with Gasteiger partial charge in [0.15, 0.2) is 0 Å². The van der Waals surface area contributed by atoms with Gasteiger partial charge in [-0.05, 0) is 50.4 Å². The molecule has 0 aromatic rings. The molecule has 3 rings (SSSR count). The summed E-state index contributed by atoms with van der Waals surface area (Å²) >= 11 is 0. The number of carbonyl (C=O) groups excluding carboxylic acids is 2. The number of rotatable bonds is 4. The average molecular weight is 336 g/mol. The fourth-order valence-electron chi connectivity index (χ4n) is 5.37. The Kier molecular flexibility index (Phi) is 3.86. The molecule has 4 heteroatoms. The van der Waals surface area contributed by atoms with Crippen molar-refractivity contribution in [2.45, 2.75) is 79.2 Å². The van der Waals surface area contributed by atoms with Gasteiger partial charge in [0.2, 0.25) is 0 Å². The molecule has 0 radical (unpaired) electrons. The van der Waals surface area contributed by atoms with Crippen molar-refractivity contribution < 1.29 is 19.1 Å². The van der Waals surface area contributed by atoms with Crippen LogP contribution in [0.5, 0.6) is 0 Å². The van der Waals surface area contributed by atoms with Gasteiger partial charge in [0.05, 0.1) is 18.4 Å². The lowest BCUT2D eigenvalue weighted by atomic mass is 9.71. The van der Waals surface area contributed by atoms with Crippen LogP contribution in [0.15, 0.2) is 0 Å². The van der Waals surface area contributed by atoms with Crippen LogP contribution in [-0.4, -0.2) is 24.1 Å². The second-order valence-electron chi connectivity index (χ2n) is 9.72. The predicted molar refractivity (Wildman–Crippen MR) is 91.2 cm³/mol. The van der Waals surface area contributed by atoms with Gasteiger partial charge < -0.3 is 9.47 Å². The molecule has 0 amide bonds. The SMILES string of the molecule is CCC(C)(C)C(=O)OC1(C2COC(=O)C2)CC2(C)CCC1C2(C)C. The van der Waals surface area contributed by atoms with Gasteiger partial charge in [-0.15, -0.1) is 0 Å². The van der Waals surface area contributed by atoms with Crippen molar-refractivity contribution >= 4 is 11.9 Å². The summed E-state index contributed by atoms with van der Waals surface area (Å²) in [5, 5.41) is 0. The van der Waals surface area contributed by atoms with E-state index in [0.717, 1.165) is 19.3 Å². The highest BCUT2D eigenvalue weighted by Gasteiger charge is 2.71. The van der Waals surface area contributed by atoms with E-state index in [1.165, 1.54) is 6.42 Å². The maximum absolute atomic E-state index is 12.9. The number of fused-ring (bicyclic) bond motifs is 2. The molecule has 2 bridgehead atoms. The summed E-state index contributed by atoms with van der Waals surface area (Å²) in [7, 11) is 0. The smallest absolute Gasteiger partial charge is 0.312 e. The first-order chi connectivity index (χ1) is 11.0. The number of esters is 2. The van der Waals surface area contributed by atoms with Gasteiger partial charge in [-0.2, -0.15) is 0 Å². The third-order valence-corrected chi connectivity index (χ3v) is 7.94. The van der Waals surface area contributed by atoms with Crippen molar-refractivity contribution in [2.24, 2.45) is 28.1 Å². The first-order valence-electron chi connectivity index (χ1n) is 9.37. The highest BCUT2D eigenvalue weighted by atomic mass is 16.6. The van der Waals surface area contributed by atoms with Crippen LogP contribution < -0.4 is 0 Å². The van der Waals surface area contributed by atoms with Gasteiger partial charge in [0.25, 0.3) is 0 Å². The van der Waals surface area contributed by atoms with E-state index in [0.29, 0.717) is 18.9 Å². The summed E-state index contributed by atoms with van der Waals surface area (Å²) in [4.78, 5) is 24.7. The molecule has 4 atom stereocenters. The minimum absolute atomic E-state index is 0.00648. The molecule has 1 aliphatic heterocycles. The van der Waals surface area contributed by atoms with Gasteiger partial charge >= 0.3 is 11.9 Å². The van der Waals surface area contributed by atoms with Crippen LogP contribution >= 0.6 is 0 Å². The Morgan fingerprint density at radius 2 is 2.00 bits per heavy atom. The summed E-state index contributed by atoms with van der Waals surface area (Å²) in [6, 6.07) is 0. The topological polar surface area (TPSA) is 52.6 Å². The molecular weight excluding hydrogens is 304 g/mol. The van der Waals surface area contributed by atoms with E-state index >= 15 is 0 Å². The summed E-state index contributed by atoms with van der Waals surface area (Å²) < 4.78 is 11.6. The van der Waals surface area contributed by atoms with Crippen molar-refractivity contribution in [1.29, 1.82) is 0 Å². The Hall–Kier alpha value is -1.06. The third kappa shape index (κ3) is 2.24. The summed E-state index contributed by atoms with van der Waals surface area (Å²) in [6.07, 6.45) is 4.21. The van der Waals surface area contributed by atoms with Gasteiger partial charge in [-0.25, -0.2) is 0 Å². The van der Waals surface area contributed by atoms with Crippen molar-refractivity contribution in [3.63, 3.8) is 0 Å². The number of hydrogen-bond acceptors (Lipinski definition) is 4. The maximum Gasteiger partial charge on any atom is 0.312 e. The lowest BCUT2D eigenvalue weighted by Crippen LogP contribution is -2.51. The van der Waals surface area contributed by atoms with E-state index in [-0.39, 0.29) is 28.7 Å². The molecular formula is C20H32O4. The number of carbonyl (C=O) groups is 2. The first kappa shape index (κ1) is 17.8. The normalized spacial score (nSPS) is 40.7. The molecule has 136 valence electrons. The zero-order valence-corrected chi connectivity index (χ0v) is 16.0. The maximum atomic E-state index is 12.9. The van der Waals surface area contributed by atoms with Crippen molar-refractivity contribution in [1.82, 2.24) is 0 Å². The minimum Gasteiger partial charge on any atom is -0.465 e. The standard InChI is InChI=1S/C20H32O4/c1-7-17(2,3)16(22)24-20(13-10-15(21)23-11-13)12-19(6)9-8-14(20)18(19,4)5/h13-14H,7-12H2,1-6H3. The Balaban J connectivity index is 1.99. The van der Waals surface area contributed by atoms with E-state index in [1.807, 2.05) is 20.8 Å². The van der Waals surface area contributed by atoms with E-state index in [9.17, 15) is 9.59 Å². The Labute approximate surface area is 145 Å². The van der Waals surface area contributed by atoms with Crippen LogP contribution in [0.3, 0.4) is 0 Å². The fraction of sp³-hybridized carbons (Fsp3) is 0.900. The Morgan fingerprint density at radius 3 is 2.42 bits per heavy atom. The van der Waals surface area contributed by atoms with E-state index in [4.69, 9.17) is 9.47 Å². The van der Waals surface area contributed by atoms with Crippen LogP contribution in [0.4, 0.5) is 0 Å². The van der Waals surface area contributed by atoms with Gasteiger partial charge in [-0.3, -0.25) is 9.59 Å². The second kappa shape index (κ2) is 5.22. The van der Waals surface area contributed by atoms with Crippen molar-refractivity contribution in [3.8, 4) is 0 Å². The van der Waals surface area contributed by atoms with E-state index in [2.05, 4.69) is 20.8 Å². The molecule has 0 N–H and O–H groups in total. The van der Waals surface area contributed by atoms with Crippen molar-refractivity contribution in [2.75, 3.05) is 6.61 Å². The molecule has 0 aromatic heterocycles. The summed E-state index contributed by atoms with van der Waals surface area (Å²) in [5.41, 5.74) is -0.787.